The van der Waals surface area contributed by atoms with Crippen molar-refractivity contribution < 1.29 is 17.6 Å². The summed E-state index contributed by atoms with van der Waals surface area (Å²) in [7, 11) is -2.26. The number of anilines is 1. The predicted octanol–water partition coefficient (Wildman–Crippen LogP) is 2.55. The minimum Gasteiger partial charge on any atom is -0.496 e. The first-order chi connectivity index (χ1) is 11.3. The van der Waals surface area contributed by atoms with Crippen molar-refractivity contribution in [2.75, 3.05) is 11.8 Å². The quantitative estimate of drug-likeness (QED) is 0.754. The van der Waals surface area contributed by atoms with Gasteiger partial charge >= 0.3 is 5.76 Å². The van der Waals surface area contributed by atoms with Crippen LogP contribution in [-0.4, -0.2) is 20.5 Å². The standard InChI is InChI=1S/C16H16N2O5S/c1-9-10(2)14(22-3)7-6-12(9)18-24(20,21)11-4-5-13-15(8-11)23-16(19)17-13/h4-8,18H,1-3H3,(H,17,19). The Hall–Kier alpha value is -2.74. The molecule has 0 aliphatic rings. The van der Waals surface area contributed by atoms with Gasteiger partial charge in [0.15, 0.2) is 5.58 Å². The maximum absolute atomic E-state index is 12.6. The Kier molecular flexibility index (Phi) is 3.84. The van der Waals surface area contributed by atoms with Crippen LogP contribution in [0.3, 0.4) is 0 Å². The van der Waals surface area contributed by atoms with E-state index in [1.165, 1.54) is 18.2 Å². The van der Waals surface area contributed by atoms with Gasteiger partial charge in [0, 0.05) is 6.07 Å². The van der Waals surface area contributed by atoms with Gasteiger partial charge < -0.3 is 9.15 Å². The third-order valence-corrected chi connectivity index (χ3v) is 5.27. The van der Waals surface area contributed by atoms with Gasteiger partial charge in [0.2, 0.25) is 0 Å². The summed E-state index contributed by atoms with van der Waals surface area (Å²) in [6.07, 6.45) is 0. The van der Waals surface area contributed by atoms with E-state index in [1.54, 1.807) is 19.2 Å². The van der Waals surface area contributed by atoms with Crippen LogP contribution in [0.4, 0.5) is 5.69 Å². The lowest BCUT2D eigenvalue weighted by Crippen LogP contribution is -2.14. The second-order valence-electron chi connectivity index (χ2n) is 5.34. The molecule has 3 rings (SSSR count). The van der Waals surface area contributed by atoms with Crippen molar-refractivity contribution >= 4 is 26.8 Å². The number of H-pyrrole nitrogens is 1. The second kappa shape index (κ2) is 5.72. The van der Waals surface area contributed by atoms with Crippen LogP contribution in [0, 0.1) is 13.8 Å². The molecule has 0 aliphatic heterocycles. The zero-order valence-corrected chi connectivity index (χ0v) is 14.2. The van der Waals surface area contributed by atoms with Crippen LogP contribution in [0.5, 0.6) is 5.75 Å². The number of aromatic amines is 1. The van der Waals surface area contributed by atoms with Crippen molar-refractivity contribution in [2.45, 2.75) is 18.7 Å². The lowest BCUT2D eigenvalue weighted by Gasteiger charge is -2.14. The number of ether oxygens (including phenoxy) is 1. The van der Waals surface area contributed by atoms with Crippen molar-refractivity contribution in [3.05, 3.63) is 52.0 Å². The summed E-state index contributed by atoms with van der Waals surface area (Å²) in [6, 6.07) is 7.55. The van der Waals surface area contributed by atoms with Crippen molar-refractivity contribution in [3.63, 3.8) is 0 Å². The third-order valence-electron chi connectivity index (χ3n) is 3.90. The molecule has 1 heterocycles. The minimum atomic E-state index is -3.82. The highest BCUT2D eigenvalue weighted by molar-refractivity contribution is 7.92. The largest absolute Gasteiger partial charge is 0.496 e. The Morgan fingerprint density at radius 1 is 1.12 bits per heavy atom. The Balaban J connectivity index is 2.01. The van der Waals surface area contributed by atoms with Gasteiger partial charge in [-0.25, -0.2) is 13.2 Å². The highest BCUT2D eigenvalue weighted by atomic mass is 32.2. The van der Waals surface area contributed by atoms with E-state index in [0.29, 0.717) is 17.0 Å². The number of hydrogen-bond donors (Lipinski definition) is 2. The lowest BCUT2D eigenvalue weighted by atomic mass is 10.1. The molecule has 2 N–H and O–H groups in total. The molecule has 24 heavy (non-hydrogen) atoms. The highest BCUT2D eigenvalue weighted by Crippen LogP contribution is 2.29. The molecule has 0 bridgehead atoms. The second-order valence-corrected chi connectivity index (χ2v) is 7.03. The van der Waals surface area contributed by atoms with E-state index >= 15 is 0 Å². The molecule has 8 heteroatoms. The molecule has 0 spiro atoms. The number of aromatic nitrogens is 1. The molecule has 7 nitrogen and oxygen atoms in total. The van der Waals surface area contributed by atoms with Gasteiger partial charge in [-0.1, -0.05) is 0 Å². The Labute approximate surface area is 138 Å². The van der Waals surface area contributed by atoms with Gasteiger partial charge in [0.05, 0.1) is 23.2 Å². The van der Waals surface area contributed by atoms with E-state index < -0.39 is 15.8 Å². The number of nitrogens with one attached hydrogen (secondary N) is 2. The highest BCUT2D eigenvalue weighted by Gasteiger charge is 2.18. The maximum atomic E-state index is 12.6. The molecular weight excluding hydrogens is 332 g/mol. The van der Waals surface area contributed by atoms with E-state index in [9.17, 15) is 13.2 Å². The van der Waals surface area contributed by atoms with Crippen LogP contribution in [0.1, 0.15) is 11.1 Å². The first-order valence-corrected chi connectivity index (χ1v) is 8.60. The van der Waals surface area contributed by atoms with Crippen LogP contribution >= 0.6 is 0 Å². The summed E-state index contributed by atoms with van der Waals surface area (Å²) in [5, 5.41) is 0. The molecule has 0 fully saturated rings. The topological polar surface area (TPSA) is 101 Å². The van der Waals surface area contributed by atoms with Gasteiger partial charge in [0.25, 0.3) is 10.0 Å². The molecule has 0 unspecified atom stereocenters. The number of sulfonamides is 1. The number of hydrogen-bond acceptors (Lipinski definition) is 5. The minimum absolute atomic E-state index is 0.00520. The molecule has 2 aromatic carbocycles. The summed E-state index contributed by atoms with van der Waals surface area (Å²) in [4.78, 5) is 13.7. The predicted molar refractivity (Wildman–Crippen MR) is 90.1 cm³/mol. The first-order valence-electron chi connectivity index (χ1n) is 7.12. The molecule has 0 atom stereocenters. The van der Waals surface area contributed by atoms with E-state index in [-0.39, 0.29) is 10.5 Å². The number of oxazole rings is 1. The maximum Gasteiger partial charge on any atom is 0.417 e. The van der Waals surface area contributed by atoms with Crippen molar-refractivity contribution in [1.82, 2.24) is 4.98 Å². The Bertz CT molecular complexity index is 1080. The van der Waals surface area contributed by atoms with Crippen LogP contribution in [0.25, 0.3) is 11.1 Å². The fourth-order valence-electron chi connectivity index (χ4n) is 2.42. The van der Waals surface area contributed by atoms with Gasteiger partial charge in [-0.05, 0) is 49.2 Å². The van der Waals surface area contributed by atoms with Gasteiger partial charge in [-0.2, -0.15) is 0 Å². The molecule has 126 valence electrons. The van der Waals surface area contributed by atoms with Crippen molar-refractivity contribution in [1.29, 1.82) is 0 Å². The monoisotopic (exact) mass is 348 g/mol. The molecular formula is C16H16N2O5S. The SMILES string of the molecule is COc1ccc(NS(=O)(=O)c2ccc3[nH]c(=O)oc3c2)c(C)c1C. The fourth-order valence-corrected chi connectivity index (χ4v) is 3.56. The molecule has 0 amide bonds. The zero-order valence-electron chi connectivity index (χ0n) is 13.3. The average molecular weight is 348 g/mol. The summed E-state index contributed by atoms with van der Waals surface area (Å²) in [5.74, 6) is 0.0556. The van der Waals surface area contributed by atoms with Gasteiger partial charge in [-0.3, -0.25) is 9.71 Å². The molecule has 0 aliphatic carbocycles. The number of methoxy groups -OCH3 is 1. The summed E-state index contributed by atoms with van der Waals surface area (Å²) in [5.41, 5.74) is 2.71. The van der Waals surface area contributed by atoms with E-state index in [1.807, 2.05) is 13.8 Å². The molecule has 0 saturated heterocycles. The van der Waals surface area contributed by atoms with E-state index in [0.717, 1.165) is 11.1 Å². The normalized spacial score (nSPS) is 11.6. The van der Waals surface area contributed by atoms with Crippen molar-refractivity contribution in [3.8, 4) is 5.75 Å². The molecule has 0 saturated carbocycles. The van der Waals surface area contributed by atoms with Crippen LogP contribution in [0.2, 0.25) is 0 Å². The van der Waals surface area contributed by atoms with Gasteiger partial charge in [0.1, 0.15) is 5.75 Å². The van der Waals surface area contributed by atoms with E-state index in [2.05, 4.69) is 9.71 Å². The number of fused-ring (bicyclic) bond motifs is 1. The van der Waals surface area contributed by atoms with E-state index in [4.69, 9.17) is 9.15 Å². The lowest BCUT2D eigenvalue weighted by molar-refractivity contribution is 0.411. The zero-order chi connectivity index (χ0) is 17.5. The fraction of sp³-hybridized carbons (Fsp3) is 0.188. The average Bonchev–Trinajstić information content (AvgIpc) is 2.91. The Morgan fingerprint density at radius 3 is 2.58 bits per heavy atom. The molecule has 1 aromatic heterocycles. The van der Waals surface area contributed by atoms with Crippen molar-refractivity contribution in [2.24, 2.45) is 0 Å². The summed E-state index contributed by atoms with van der Waals surface area (Å²) in [6.45, 7) is 3.66. The number of rotatable bonds is 4. The smallest absolute Gasteiger partial charge is 0.417 e. The Morgan fingerprint density at radius 2 is 1.88 bits per heavy atom. The third kappa shape index (κ3) is 2.76. The molecule has 0 radical (unpaired) electrons. The number of benzene rings is 2. The molecule has 3 aromatic rings. The summed E-state index contributed by atoms with van der Waals surface area (Å²) >= 11 is 0. The van der Waals surface area contributed by atoms with Crippen LogP contribution in [-0.2, 0) is 10.0 Å². The first kappa shape index (κ1) is 16.1. The summed E-state index contributed by atoms with van der Waals surface area (Å²) < 4.78 is 37.9. The van der Waals surface area contributed by atoms with Crippen LogP contribution < -0.4 is 15.2 Å². The van der Waals surface area contributed by atoms with Gasteiger partial charge in [-0.15, -0.1) is 0 Å². The van der Waals surface area contributed by atoms with Crippen LogP contribution in [0.15, 0.2) is 44.4 Å².